The molecule has 1 aromatic rings. The number of piperazine rings is 1. The van der Waals surface area contributed by atoms with Crippen LogP contribution in [0.4, 0.5) is 4.79 Å². The summed E-state index contributed by atoms with van der Waals surface area (Å²) >= 11 is 0. The van der Waals surface area contributed by atoms with E-state index in [1.54, 1.807) is 4.90 Å². The van der Waals surface area contributed by atoms with Crippen molar-refractivity contribution in [3.05, 3.63) is 35.9 Å². The minimum atomic E-state index is -0.0514. The van der Waals surface area contributed by atoms with E-state index in [0.29, 0.717) is 39.1 Å². The van der Waals surface area contributed by atoms with Crippen LogP contribution in [0.25, 0.3) is 0 Å². The number of nitrogens with one attached hydrogen (secondary N) is 1. The Bertz CT molecular complexity index is 482. The fourth-order valence-corrected chi connectivity index (χ4v) is 2.53. The molecule has 1 heterocycles. The summed E-state index contributed by atoms with van der Waals surface area (Å²) < 4.78 is 0. The van der Waals surface area contributed by atoms with Crippen molar-refractivity contribution in [3.63, 3.8) is 0 Å². The Balaban J connectivity index is 1.72. The van der Waals surface area contributed by atoms with Crippen LogP contribution in [0.5, 0.6) is 0 Å². The number of urea groups is 1. The SMILES string of the molecule is CCCCC(=O)N1CCN(C(=O)NCc2ccccc2)CC1. The molecule has 1 N–H and O–H groups in total. The van der Waals surface area contributed by atoms with Crippen molar-refractivity contribution in [1.82, 2.24) is 15.1 Å². The summed E-state index contributed by atoms with van der Waals surface area (Å²) in [4.78, 5) is 27.7. The highest BCUT2D eigenvalue weighted by Gasteiger charge is 2.23. The van der Waals surface area contributed by atoms with Gasteiger partial charge in [-0.1, -0.05) is 43.7 Å². The van der Waals surface area contributed by atoms with Crippen LogP contribution >= 0.6 is 0 Å². The van der Waals surface area contributed by atoms with Gasteiger partial charge in [-0.25, -0.2) is 4.79 Å². The predicted octanol–water partition coefficient (Wildman–Crippen LogP) is 2.23. The fourth-order valence-electron chi connectivity index (χ4n) is 2.53. The van der Waals surface area contributed by atoms with Crippen LogP contribution in [0.1, 0.15) is 31.7 Å². The zero-order valence-electron chi connectivity index (χ0n) is 13.3. The molecule has 0 aromatic heterocycles. The largest absolute Gasteiger partial charge is 0.339 e. The van der Waals surface area contributed by atoms with E-state index in [2.05, 4.69) is 12.2 Å². The number of hydrogen-bond acceptors (Lipinski definition) is 2. The number of carbonyl (C=O) groups is 2. The summed E-state index contributed by atoms with van der Waals surface area (Å²) in [5, 5.41) is 2.93. The topological polar surface area (TPSA) is 52.7 Å². The zero-order valence-corrected chi connectivity index (χ0v) is 13.3. The first-order chi connectivity index (χ1) is 10.7. The van der Waals surface area contributed by atoms with E-state index in [-0.39, 0.29) is 11.9 Å². The summed E-state index contributed by atoms with van der Waals surface area (Å²) in [6, 6.07) is 9.81. The number of hydrogen-bond donors (Lipinski definition) is 1. The lowest BCUT2D eigenvalue weighted by Gasteiger charge is -2.34. The number of benzene rings is 1. The Morgan fingerprint density at radius 1 is 1.05 bits per heavy atom. The molecule has 5 nitrogen and oxygen atoms in total. The van der Waals surface area contributed by atoms with Crippen molar-refractivity contribution in [2.24, 2.45) is 0 Å². The first-order valence-corrected chi connectivity index (χ1v) is 8.05. The molecule has 0 atom stereocenters. The van der Waals surface area contributed by atoms with Crippen LogP contribution in [0, 0.1) is 0 Å². The smallest absolute Gasteiger partial charge is 0.317 e. The number of unbranched alkanes of at least 4 members (excludes halogenated alkanes) is 1. The summed E-state index contributed by atoms with van der Waals surface area (Å²) in [5.74, 6) is 0.214. The van der Waals surface area contributed by atoms with E-state index in [1.807, 2.05) is 35.2 Å². The molecule has 5 heteroatoms. The molecular weight excluding hydrogens is 278 g/mol. The maximum absolute atomic E-state index is 12.1. The lowest BCUT2D eigenvalue weighted by Crippen LogP contribution is -2.53. The molecular formula is C17H25N3O2. The van der Waals surface area contributed by atoms with Crippen LogP contribution < -0.4 is 5.32 Å². The van der Waals surface area contributed by atoms with Gasteiger partial charge in [0.1, 0.15) is 0 Å². The highest BCUT2D eigenvalue weighted by molar-refractivity contribution is 5.77. The molecule has 1 aliphatic heterocycles. The molecule has 3 amide bonds. The number of rotatable bonds is 5. The van der Waals surface area contributed by atoms with Gasteiger partial charge < -0.3 is 15.1 Å². The van der Waals surface area contributed by atoms with Gasteiger partial charge in [0.2, 0.25) is 5.91 Å². The Labute approximate surface area is 132 Å². The lowest BCUT2D eigenvalue weighted by molar-refractivity contribution is -0.132. The maximum Gasteiger partial charge on any atom is 0.317 e. The van der Waals surface area contributed by atoms with Crippen LogP contribution in [0.15, 0.2) is 30.3 Å². The third kappa shape index (κ3) is 4.76. The molecule has 0 aliphatic carbocycles. The van der Waals surface area contributed by atoms with Crippen molar-refractivity contribution in [2.75, 3.05) is 26.2 Å². The van der Waals surface area contributed by atoms with Gasteiger partial charge in [0.25, 0.3) is 0 Å². The van der Waals surface area contributed by atoms with E-state index in [9.17, 15) is 9.59 Å². The average Bonchev–Trinajstić information content (AvgIpc) is 2.58. The van der Waals surface area contributed by atoms with Crippen LogP contribution in [-0.2, 0) is 11.3 Å². The summed E-state index contributed by atoms with van der Waals surface area (Å²) in [6.45, 7) is 5.12. The second-order valence-electron chi connectivity index (χ2n) is 5.62. The highest BCUT2D eigenvalue weighted by atomic mass is 16.2. The molecule has 2 rings (SSSR count). The van der Waals surface area contributed by atoms with Gasteiger partial charge in [0, 0.05) is 39.1 Å². The van der Waals surface area contributed by atoms with Crippen molar-refractivity contribution in [2.45, 2.75) is 32.7 Å². The van der Waals surface area contributed by atoms with Crippen molar-refractivity contribution >= 4 is 11.9 Å². The minimum Gasteiger partial charge on any atom is -0.339 e. The van der Waals surface area contributed by atoms with Gasteiger partial charge in [-0.05, 0) is 12.0 Å². The fraction of sp³-hybridized carbons (Fsp3) is 0.529. The predicted molar refractivity (Wildman–Crippen MR) is 86.4 cm³/mol. The van der Waals surface area contributed by atoms with Gasteiger partial charge >= 0.3 is 6.03 Å². The molecule has 0 bridgehead atoms. The van der Waals surface area contributed by atoms with Gasteiger partial charge in [0.05, 0.1) is 0 Å². The Kier molecular flexibility index (Phi) is 6.25. The van der Waals surface area contributed by atoms with E-state index >= 15 is 0 Å². The number of amides is 3. The van der Waals surface area contributed by atoms with Crippen LogP contribution in [-0.4, -0.2) is 47.9 Å². The molecule has 0 spiro atoms. The minimum absolute atomic E-state index is 0.0514. The molecule has 120 valence electrons. The third-order valence-electron chi connectivity index (χ3n) is 3.95. The third-order valence-corrected chi connectivity index (χ3v) is 3.95. The monoisotopic (exact) mass is 303 g/mol. The van der Waals surface area contributed by atoms with Crippen molar-refractivity contribution in [1.29, 1.82) is 0 Å². The highest BCUT2D eigenvalue weighted by Crippen LogP contribution is 2.07. The second kappa shape index (κ2) is 8.41. The molecule has 1 aromatic carbocycles. The molecule has 1 saturated heterocycles. The van der Waals surface area contributed by atoms with Gasteiger partial charge in [-0.15, -0.1) is 0 Å². The normalized spacial score (nSPS) is 14.8. The summed E-state index contributed by atoms with van der Waals surface area (Å²) in [5.41, 5.74) is 1.09. The van der Waals surface area contributed by atoms with Crippen molar-refractivity contribution in [3.8, 4) is 0 Å². The van der Waals surface area contributed by atoms with E-state index in [1.165, 1.54) is 0 Å². The molecule has 0 unspecified atom stereocenters. The van der Waals surface area contributed by atoms with Crippen LogP contribution in [0.3, 0.4) is 0 Å². The Morgan fingerprint density at radius 2 is 1.68 bits per heavy atom. The first kappa shape index (κ1) is 16.3. The first-order valence-electron chi connectivity index (χ1n) is 8.05. The lowest BCUT2D eigenvalue weighted by atomic mass is 10.2. The number of nitrogens with zero attached hydrogens (tertiary/aromatic N) is 2. The van der Waals surface area contributed by atoms with Gasteiger partial charge in [-0.3, -0.25) is 4.79 Å². The Hall–Kier alpha value is -2.04. The molecule has 0 saturated carbocycles. The van der Waals surface area contributed by atoms with Crippen molar-refractivity contribution < 1.29 is 9.59 Å². The second-order valence-corrected chi connectivity index (χ2v) is 5.62. The molecule has 0 radical (unpaired) electrons. The van der Waals surface area contributed by atoms with Gasteiger partial charge in [0.15, 0.2) is 0 Å². The standard InChI is InChI=1S/C17H25N3O2/c1-2-3-9-16(21)19-10-12-20(13-11-19)17(22)18-14-15-7-5-4-6-8-15/h4-8H,2-3,9-14H2,1H3,(H,18,22). The summed E-state index contributed by atoms with van der Waals surface area (Å²) in [7, 11) is 0. The summed E-state index contributed by atoms with van der Waals surface area (Å²) in [6.07, 6.45) is 2.60. The molecule has 1 aliphatic rings. The zero-order chi connectivity index (χ0) is 15.8. The quantitative estimate of drug-likeness (QED) is 0.907. The number of carbonyl (C=O) groups excluding carboxylic acids is 2. The average molecular weight is 303 g/mol. The molecule has 1 fully saturated rings. The van der Waals surface area contributed by atoms with E-state index in [4.69, 9.17) is 0 Å². The van der Waals surface area contributed by atoms with Crippen LogP contribution in [0.2, 0.25) is 0 Å². The van der Waals surface area contributed by atoms with Gasteiger partial charge in [-0.2, -0.15) is 0 Å². The maximum atomic E-state index is 12.1. The molecule has 22 heavy (non-hydrogen) atoms. The Morgan fingerprint density at radius 3 is 2.32 bits per heavy atom. The van der Waals surface area contributed by atoms with E-state index < -0.39 is 0 Å². The van der Waals surface area contributed by atoms with E-state index in [0.717, 1.165) is 18.4 Å².